The number of amides is 1. The number of anilines is 1. The summed E-state index contributed by atoms with van der Waals surface area (Å²) in [5.74, 6) is 0.315. The summed E-state index contributed by atoms with van der Waals surface area (Å²) < 4.78 is 10.4. The van der Waals surface area contributed by atoms with Crippen molar-refractivity contribution in [3.63, 3.8) is 0 Å². The highest BCUT2D eigenvalue weighted by atomic mass is 16.5. The molecule has 1 atom stereocenters. The fraction of sp³-hybridized carbons (Fsp3) is 0.222. The maximum absolute atomic E-state index is 12.0. The number of benzene rings is 1. The van der Waals surface area contributed by atoms with Crippen LogP contribution in [0.4, 0.5) is 5.69 Å². The van der Waals surface area contributed by atoms with E-state index in [0.717, 1.165) is 11.3 Å². The minimum atomic E-state index is -0.896. The Bertz CT molecular complexity index is 713. The number of nitrogens with one attached hydrogen (secondary N) is 1. The number of rotatable bonds is 5. The zero-order valence-corrected chi connectivity index (χ0v) is 13.3. The lowest BCUT2D eigenvalue weighted by molar-refractivity contribution is -0.148. The Morgan fingerprint density at radius 3 is 2.43 bits per heavy atom. The van der Waals surface area contributed by atoms with Crippen LogP contribution in [-0.2, 0) is 14.3 Å². The van der Waals surface area contributed by atoms with Crippen LogP contribution in [0.5, 0.6) is 0 Å². The second kappa shape index (κ2) is 7.45. The number of hydrogen-bond donors (Lipinski definition) is 1. The topological polar surface area (TPSA) is 68.5 Å². The molecule has 5 heteroatoms. The van der Waals surface area contributed by atoms with Crippen LogP contribution in [-0.4, -0.2) is 18.0 Å². The van der Waals surface area contributed by atoms with Crippen LogP contribution in [0, 0.1) is 13.8 Å². The summed E-state index contributed by atoms with van der Waals surface area (Å²) in [5, 5.41) is 2.69. The van der Waals surface area contributed by atoms with Crippen LogP contribution >= 0.6 is 0 Å². The number of carbonyl (C=O) groups is 2. The highest BCUT2D eigenvalue weighted by Gasteiger charge is 2.16. The summed E-state index contributed by atoms with van der Waals surface area (Å²) in [7, 11) is 0. The van der Waals surface area contributed by atoms with Gasteiger partial charge in [0.2, 0.25) is 0 Å². The third-order valence-electron chi connectivity index (χ3n) is 3.13. The maximum atomic E-state index is 12.0. The number of esters is 1. The van der Waals surface area contributed by atoms with Crippen LogP contribution in [0.3, 0.4) is 0 Å². The molecule has 0 aliphatic rings. The third-order valence-corrected chi connectivity index (χ3v) is 3.13. The molecule has 1 heterocycles. The van der Waals surface area contributed by atoms with Crippen LogP contribution in [0.1, 0.15) is 24.0 Å². The molecule has 120 valence electrons. The van der Waals surface area contributed by atoms with Gasteiger partial charge in [-0.3, -0.25) is 4.79 Å². The van der Waals surface area contributed by atoms with E-state index in [1.165, 1.54) is 19.1 Å². The minimum absolute atomic E-state index is 0.385. The Morgan fingerprint density at radius 1 is 1.13 bits per heavy atom. The second-order valence-corrected chi connectivity index (χ2v) is 5.22. The Morgan fingerprint density at radius 2 is 1.83 bits per heavy atom. The van der Waals surface area contributed by atoms with Gasteiger partial charge >= 0.3 is 5.97 Å². The Balaban J connectivity index is 1.86. The Hall–Kier alpha value is -2.82. The fourth-order valence-corrected chi connectivity index (χ4v) is 1.84. The van der Waals surface area contributed by atoms with Crippen molar-refractivity contribution < 1.29 is 18.7 Å². The number of furan rings is 1. The van der Waals surface area contributed by atoms with Crippen molar-refractivity contribution in [2.24, 2.45) is 0 Å². The normalized spacial score (nSPS) is 12.1. The van der Waals surface area contributed by atoms with Gasteiger partial charge in [-0.1, -0.05) is 17.7 Å². The van der Waals surface area contributed by atoms with E-state index in [2.05, 4.69) is 5.32 Å². The van der Waals surface area contributed by atoms with Gasteiger partial charge in [0.05, 0.1) is 0 Å². The monoisotopic (exact) mass is 313 g/mol. The molecule has 1 N–H and O–H groups in total. The third kappa shape index (κ3) is 5.14. The smallest absolute Gasteiger partial charge is 0.331 e. The maximum Gasteiger partial charge on any atom is 0.331 e. The van der Waals surface area contributed by atoms with E-state index < -0.39 is 12.1 Å². The van der Waals surface area contributed by atoms with Gasteiger partial charge in [0.1, 0.15) is 11.5 Å². The molecule has 0 fully saturated rings. The van der Waals surface area contributed by atoms with E-state index in [4.69, 9.17) is 9.15 Å². The average Bonchev–Trinajstić information content (AvgIpc) is 2.93. The summed E-state index contributed by atoms with van der Waals surface area (Å²) in [6.07, 6.45) is 1.83. The lowest BCUT2D eigenvalue weighted by Crippen LogP contribution is -2.29. The molecular weight excluding hydrogens is 294 g/mol. The first-order chi connectivity index (χ1) is 10.9. The lowest BCUT2D eigenvalue weighted by Gasteiger charge is -2.12. The highest BCUT2D eigenvalue weighted by Crippen LogP contribution is 2.10. The second-order valence-electron chi connectivity index (χ2n) is 5.22. The van der Waals surface area contributed by atoms with Gasteiger partial charge in [0.25, 0.3) is 5.91 Å². The zero-order chi connectivity index (χ0) is 16.8. The van der Waals surface area contributed by atoms with Gasteiger partial charge in [-0.15, -0.1) is 0 Å². The largest absolute Gasteiger partial charge is 0.462 e. The standard InChI is InChI=1S/C18H19NO4/c1-12-4-7-15(8-5-12)19-18(21)14(3)23-17(20)11-10-16-9-6-13(2)22-16/h4-11,14H,1-3H3,(H,19,21)/b11-10+. The number of ether oxygens (including phenoxy) is 1. The molecular formula is C18H19NO4. The van der Waals surface area contributed by atoms with E-state index in [1.807, 2.05) is 26.0 Å². The Labute approximate surface area is 134 Å². The first kappa shape index (κ1) is 16.5. The molecule has 2 rings (SSSR count). The van der Waals surface area contributed by atoms with Crippen LogP contribution in [0.2, 0.25) is 0 Å². The zero-order valence-electron chi connectivity index (χ0n) is 13.3. The molecule has 1 aromatic carbocycles. The first-order valence-corrected chi connectivity index (χ1v) is 7.27. The van der Waals surface area contributed by atoms with E-state index in [-0.39, 0.29) is 5.91 Å². The molecule has 0 saturated carbocycles. The number of aryl methyl sites for hydroxylation is 2. The van der Waals surface area contributed by atoms with Gasteiger partial charge in [0, 0.05) is 11.8 Å². The molecule has 0 bridgehead atoms. The summed E-state index contributed by atoms with van der Waals surface area (Å²) in [6, 6.07) is 10.9. The average molecular weight is 313 g/mol. The van der Waals surface area contributed by atoms with Crippen molar-refractivity contribution in [2.45, 2.75) is 26.9 Å². The molecule has 1 aromatic heterocycles. The fourth-order valence-electron chi connectivity index (χ4n) is 1.84. The Kier molecular flexibility index (Phi) is 5.36. The van der Waals surface area contributed by atoms with E-state index in [0.29, 0.717) is 11.4 Å². The van der Waals surface area contributed by atoms with Crippen molar-refractivity contribution in [3.8, 4) is 0 Å². The van der Waals surface area contributed by atoms with Crippen LogP contribution in [0.15, 0.2) is 46.9 Å². The first-order valence-electron chi connectivity index (χ1n) is 7.27. The predicted octanol–water partition coefficient (Wildman–Crippen LogP) is 3.48. The van der Waals surface area contributed by atoms with Crippen molar-refractivity contribution in [3.05, 3.63) is 59.6 Å². The lowest BCUT2D eigenvalue weighted by atomic mass is 10.2. The predicted molar refractivity (Wildman–Crippen MR) is 87.8 cm³/mol. The van der Waals surface area contributed by atoms with Crippen molar-refractivity contribution >= 4 is 23.6 Å². The molecule has 0 aliphatic heterocycles. The molecule has 0 spiro atoms. The van der Waals surface area contributed by atoms with Crippen molar-refractivity contribution in [1.29, 1.82) is 0 Å². The number of carbonyl (C=O) groups excluding carboxylic acids is 2. The van der Waals surface area contributed by atoms with Gasteiger partial charge in [-0.2, -0.15) is 0 Å². The van der Waals surface area contributed by atoms with Gasteiger partial charge < -0.3 is 14.5 Å². The van der Waals surface area contributed by atoms with E-state index >= 15 is 0 Å². The molecule has 0 aliphatic carbocycles. The van der Waals surface area contributed by atoms with Crippen molar-refractivity contribution in [1.82, 2.24) is 0 Å². The SMILES string of the molecule is Cc1ccc(NC(=O)C(C)OC(=O)/C=C/c2ccc(C)o2)cc1. The highest BCUT2D eigenvalue weighted by molar-refractivity contribution is 5.96. The summed E-state index contributed by atoms with van der Waals surface area (Å²) in [6.45, 7) is 5.29. The summed E-state index contributed by atoms with van der Waals surface area (Å²) in [4.78, 5) is 23.7. The molecule has 5 nitrogen and oxygen atoms in total. The van der Waals surface area contributed by atoms with Gasteiger partial charge in [-0.25, -0.2) is 4.79 Å². The number of hydrogen-bond acceptors (Lipinski definition) is 4. The molecule has 0 saturated heterocycles. The minimum Gasteiger partial charge on any atom is -0.462 e. The van der Waals surface area contributed by atoms with Crippen LogP contribution in [0.25, 0.3) is 6.08 Å². The molecule has 1 unspecified atom stereocenters. The van der Waals surface area contributed by atoms with Gasteiger partial charge in [-0.05, 0) is 51.1 Å². The van der Waals surface area contributed by atoms with Crippen molar-refractivity contribution in [2.75, 3.05) is 5.32 Å². The molecule has 1 amide bonds. The molecule has 0 radical (unpaired) electrons. The molecule has 2 aromatic rings. The van der Waals surface area contributed by atoms with E-state index in [9.17, 15) is 9.59 Å². The van der Waals surface area contributed by atoms with Gasteiger partial charge in [0.15, 0.2) is 6.10 Å². The van der Waals surface area contributed by atoms with E-state index in [1.54, 1.807) is 24.3 Å². The van der Waals surface area contributed by atoms with Crippen LogP contribution < -0.4 is 5.32 Å². The summed E-state index contributed by atoms with van der Waals surface area (Å²) in [5.41, 5.74) is 1.76. The quantitative estimate of drug-likeness (QED) is 0.678. The molecule has 23 heavy (non-hydrogen) atoms. The summed E-state index contributed by atoms with van der Waals surface area (Å²) >= 11 is 0.